The maximum atomic E-state index is 11.9. The molecule has 0 amide bonds. The molecule has 1 fully saturated rings. The maximum Gasteiger partial charge on any atom is 0.123 e. The van der Waals surface area contributed by atoms with Gasteiger partial charge in [-0.3, -0.25) is 0 Å². The summed E-state index contributed by atoms with van der Waals surface area (Å²) < 4.78 is 0. The van der Waals surface area contributed by atoms with Gasteiger partial charge in [0.2, 0.25) is 0 Å². The molecule has 2 atom stereocenters. The summed E-state index contributed by atoms with van der Waals surface area (Å²) in [4.78, 5) is 0. The molecule has 5 aliphatic carbocycles. The number of rotatable bonds is 2. The van der Waals surface area contributed by atoms with Crippen molar-refractivity contribution in [1.29, 1.82) is 0 Å². The normalized spacial score (nSPS) is 25.3. The van der Waals surface area contributed by atoms with Gasteiger partial charge < -0.3 is 10.2 Å². The highest BCUT2D eigenvalue weighted by atomic mass is 16.4. The van der Waals surface area contributed by atoms with Crippen LogP contribution in [0.3, 0.4) is 0 Å². The zero-order chi connectivity index (χ0) is 18.5. The van der Waals surface area contributed by atoms with Crippen LogP contribution < -0.4 is 0 Å². The molecule has 0 spiro atoms. The molecule has 2 heteroatoms. The molecule has 5 aliphatic rings. The third kappa shape index (κ3) is 2.27. The van der Waals surface area contributed by atoms with E-state index in [0.29, 0.717) is 12.8 Å². The second-order valence-corrected chi connectivity index (χ2v) is 7.63. The first kappa shape index (κ1) is 16.5. The third-order valence-electron chi connectivity index (χ3n) is 6.24. The first-order chi connectivity index (χ1) is 13.1. The van der Waals surface area contributed by atoms with Crippen LogP contribution in [0.4, 0.5) is 0 Å². The molecular formula is C25H22O2. The van der Waals surface area contributed by atoms with E-state index < -0.39 is 11.2 Å². The minimum atomic E-state index is -1.31. The maximum absolute atomic E-state index is 11.9. The molecule has 0 aromatic carbocycles. The van der Waals surface area contributed by atoms with Crippen LogP contribution in [-0.4, -0.2) is 10.2 Å². The van der Waals surface area contributed by atoms with Crippen molar-refractivity contribution in [3.8, 4) is 22.3 Å². The Bertz CT molecular complexity index is 971. The molecule has 0 radical (unpaired) electrons. The summed E-state index contributed by atoms with van der Waals surface area (Å²) in [5.41, 5.74) is 3.20. The molecule has 5 rings (SSSR count). The van der Waals surface area contributed by atoms with E-state index >= 15 is 0 Å². The molecule has 2 unspecified atom stereocenters. The summed E-state index contributed by atoms with van der Waals surface area (Å²) in [6.45, 7) is 0. The highest BCUT2D eigenvalue weighted by Crippen LogP contribution is 2.56. The lowest BCUT2D eigenvalue weighted by Gasteiger charge is -2.39. The van der Waals surface area contributed by atoms with Gasteiger partial charge >= 0.3 is 0 Å². The molecule has 0 aromatic heterocycles. The lowest BCUT2D eigenvalue weighted by atomic mass is 9.74. The molecule has 1 saturated carbocycles. The number of fused-ring (bicyclic) bond motifs is 2. The molecule has 0 aromatic rings. The first-order valence-electron chi connectivity index (χ1n) is 9.55. The van der Waals surface area contributed by atoms with Crippen LogP contribution in [0.15, 0.2) is 84.9 Å². The van der Waals surface area contributed by atoms with Crippen LogP contribution in [0.1, 0.15) is 30.4 Å². The number of aliphatic hydroxyl groups is 2. The lowest BCUT2D eigenvalue weighted by Crippen LogP contribution is -2.45. The minimum Gasteiger partial charge on any atom is -0.382 e. The zero-order valence-corrected chi connectivity index (χ0v) is 15.1. The molecular weight excluding hydrogens is 332 g/mol. The lowest BCUT2D eigenvalue weighted by molar-refractivity contribution is -0.142. The molecule has 0 aliphatic heterocycles. The summed E-state index contributed by atoms with van der Waals surface area (Å²) in [6.07, 6.45) is 1.88. The summed E-state index contributed by atoms with van der Waals surface area (Å²) >= 11 is 0. The Kier molecular flexibility index (Phi) is 3.61. The van der Waals surface area contributed by atoms with Gasteiger partial charge in [-0.05, 0) is 52.6 Å². The monoisotopic (exact) mass is 354 g/mol. The third-order valence-corrected chi connectivity index (χ3v) is 6.24. The first-order valence-corrected chi connectivity index (χ1v) is 9.55. The predicted octanol–water partition coefficient (Wildman–Crippen LogP) is 5.16. The zero-order valence-electron chi connectivity index (χ0n) is 15.1. The van der Waals surface area contributed by atoms with Gasteiger partial charge in [0.05, 0.1) is 0 Å². The quantitative estimate of drug-likeness (QED) is 0.522. The predicted molar refractivity (Wildman–Crippen MR) is 108 cm³/mol. The van der Waals surface area contributed by atoms with Gasteiger partial charge in [0, 0.05) is 0 Å². The smallest absolute Gasteiger partial charge is 0.123 e. The van der Waals surface area contributed by atoms with Crippen LogP contribution in [0, 0.1) is 0 Å². The highest BCUT2D eigenvalue weighted by molar-refractivity contribution is 5.75. The van der Waals surface area contributed by atoms with E-state index in [1.807, 2.05) is 84.9 Å². The standard InChI is InChI=1S/C25H22O2/c26-24(22-14-12-18-8-3-1-5-10-20(18)22)16-7-17-25(24,27)23-15-13-19-9-4-2-6-11-21(19)23/h1-6,8-15,26-27H,7,16-17H2. The van der Waals surface area contributed by atoms with E-state index in [1.54, 1.807) is 0 Å². The van der Waals surface area contributed by atoms with Crippen molar-refractivity contribution in [2.24, 2.45) is 0 Å². The van der Waals surface area contributed by atoms with Crippen molar-refractivity contribution in [2.75, 3.05) is 0 Å². The Morgan fingerprint density at radius 1 is 0.519 bits per heavy atom. The second-order valence-electron chi connectivity index (χ2n) is 7.63. The van der Waals surface area contributed by atoms with Gasteiger partial charge in [0.1, 0.15) is 11.2 Å². The fourth-order valence-corrected chi connectivity index (χ4v) is 4.88. The molecule has 0 bridgehead atoms. The average molecular weight is 354 g/mol. The van der Waals surface area contributed by atoms with Crippen molar-refractivity contribution in [3.05, 3.63) is 96.1 Å². The molecule has 2 nitrogen and oxygen atoms in total. The second kappa shape index (κ2) is 5.91. The van der Waals surface area contributed by atoms with Crippen LogP contribution in [0.5, 0.6) is 0 Å². The molecule has 0 saturated heterocycles. The summed E-state index contributed by atoms with van der Waals surface area (Å²) in [7, 11) is 0. The number of hydrogen-bond donors (Lipinski definition) is 2. The SMILES string of the molecule is OC1(c2ccc3cccccc2-3)CCCC1(O)c1ccc2cccccc1-2. The van der Waals surface area contributed by atoms with E-state index in [4.69, 9.17) is 0 Å². The van der Waals surface area contributed by atoms with Gasteiger partial charge in [-0.2, -0.15) is 0 Å². The number of hydrogen-bond acceptors (Lipinski definition) is 2. The summed E-state index contributed by atoms with van der Waals surface area (Å²) in [6, 6.07) is 28.1. The summed E-state index contributed by atoms with van der Waals surface area (Å²) in [5, 5.41) is 23.8. The van der Waals surface area contributed by atoms with E-state index in [9.17, 15) is 10.2 Å². The fraction of sp³-hybridized carbons (Fsp3) is 0.200. The fourth-order valence-electron chi connectivity index (χ4n) is 4.88. The highest BCUT2D eigenvalue weighted by Gasteiger charge is 2.57. The summed E-state index contributed by atoms with van der Waals surface area (Å²) in [5.74, 6) is 0. The van der Waals surface area contributed by atoms with E-state index in [2.05, 4.69) is 0 Å². The topological polar surface area (TPSA) is 40.5 Å². The van der Waals surface area contributed by atoms with Crippen LogP contribution in [0.25, 0.3) is 22.3 Å². The van der Waals surface area contributed by atoms with Crippen LogP contribution in [0.2, 0.25) is 0 Å². The van der Waals surface area contributed by atoms with Crippen molar-refractivity contribution < 1.29 is 10.2 Å². The van der Waals surface area contributed by atoms with Crippen LogP contribution >= 0.6 is 0 Å². The van der Waals surface area contributed by atoms with E-state index in [-0.39, 0.29) is 0 Å². The molecule has 2 N–H and O–H groups in total. The van der Waals surface area contributed by atoms with Crippen molar-refractivity contribution in [3.63, 3.8) is 0 Å². The van der Waals surface area contributed by atoms with Gasteiger partial charge in [-0.15, -0.1) is 0 Å². The van der Waals surface area contributed by atoms with Crippen LogP contribution in [-0.2, 0) is 11.2 Å². The Hall–Kier alpha value is -2.68. The van der Waals surface area contributed by atoms with Crippen molar-refractivity contribution >= 4 is 0 Å². The molecule has 134 valence electrons. The van der Waals surface area contributed by atoms with Gasteiger partial charge in [0.15, 0.2) is 0 Å². The van der Waals surface area contributed by atoms with E-state index in [1.165, 1.54) is 0 Å². The van der Waals surface area contributed by atoms with Crippen molar-refractivity contribution in [1.82, 2.24) is 0 Å². The van der Waals surface area contributed by atoms with Gasteiger partial charge in [-0.25, -0.2) is 0 Å². The molecule has 0 heterocycles. The minimum absolute atomic E-state index is 0.548. The van der Waals surface area contributed by atoms with Gasteiger partial charge in [-0.1, -0.05) is 84.9 Å². The van der Waals surface area contributed by atoms with Gasteiger partial charge in [0.25, 0.3) is 0 Å². The largest absolute Gasteiger partial charge is 0.382 e. The Morgan fingerprint density at radius 2 is 0.963 bits per heavy atom. The van der Waals surface area contributed by atoms with E-state index in [0.717, 1.165) is 39.8 Å². The average Bonchev–Trinajstić information content (AvgIpc) is 3.21. The Morgan fingerprint density at radius 3 is 1.44 bits per heavy atom. The Balaban J connectivity index is 1.71. The Labute approximate surface area is 159 Å². The molecule has 27 heavy (non-hydrogen) atoms. The van der Waals surface area contributed by atoms with Crippen molar-refractivity contribution in [2.45, 2.75) is 30.5 Å².